The molecule has 0 aliphatic carbocycles. The Morgan fingerprint density at radius 3 is 2.78 bits per heavy atom. The van der Waals surface area contributed by atoms with Gasteiger partial charge in [-0.05, 0) is 18.2 Å². The molecular formula is C12H11Cl2FN2S. The zero-order chi connectivity index (χ0) is 13.1. The van der Waals surface area contributed by atoms with E-state index in [1.807, 2.05) is 12.1 Å². The fourth-order valence-corrected chi connectivity index (χ4v) is 2.93. The van der Waals surface area contributed by atoms with Crippen molar-refractivity contribution < 1.29 is 4.39 Å². The summed E-state index contributed by atoms with van der Waals surface area (Å²) in [6, 6.07) is 5.34. The summed E-state index contributed by atoms with van der Waals surface area (Å²) in [7, 11) is 1.79. The van der Waals surface area contributed by atoms with E-state index in [0.29, 0.717) is 17.9 Å². The predicted octanol–water partition coefficient (Wildman–Crippen LogP) is 4.31. The van der Waals surface area contributed by atoms with Crippen molar-refractivity contribution in [3.8, 4) is 0 Å². The normalized spacial score (nSPS) is 10.7. The van der Waals surface area contributed by atoms with Gasteiger partial charge in [-0.15, -0.1) is 22.9 Å². The van der Waals surface area contributed by atoms with Gasteiger partial charge in [0.25, 0.3) is 0 Å². The van der Waals surface area contributed by atoms with E-state index < -0.39 is 0 Å². The molecule has 2 aromatic heterocycles. The van der Waals surface area contributed by atoms with Crippen molar-refractivity contribution in [2.45, 2.75) is 12.4 Å². The van der Waals surface area contributed by atoms with Gasteiger partial charge in [0.1, 0.15) is 0 Å². The number of rotatable bonds is 4. The van der Waals surface area contributed by atoms with Crippen LogP contribution in [0.15, 0.2) is 24.4 Å². The molecule has 0 saturated carbocycles. The van der Waals surface area contributed by atoms with Crippen LogP contribution in [0.5, 0.6) is 0 Å². The van der Waals surface area contributed by atoms with Crippen LogP contribution in [0, 0.1) is 5.82 Å². The molecule has 0 radical (unpaired) electrons. The first-order chi connectivity index (χ1) is 8.61. The second kappa shape index (κ2) is 5.87. The summed E-state index contributed by atoms with van der Waals surface area (Å²) in [5.74, 6) is 0.0790. The van der Waals surface area contributed by atoms with Gasteiger partial charge in [0.05, 0.1) is 16.8 Å². The van der Waals surface area contributed by atoms with Gasteiger partial charge in [-0.1, -0.05) is 11.6 Å². The van der Waals surface area contributed by atoms with E-state index in [-0.39, 0.29) is 11.7 Å². The smallest absolute Gasteiger partial charge is 0.170 e. The molecule has 0 saturated heterocycles. The molecular weight excluding hydrogens is 294 g/mol. The molecule has 2 heterocycles. The lowest BCUT2D eigenvalue weighted by Crippen LogP contribution is -2.19. The minimum absolute atomic E-state index is 0.139. The van der Waals surface area contributed by atoms with E-state index in [1.54, 1.807) is 24.2 Å². The lowest BCUT2D eigenvalue weighted by atomic mass is 10.2. The summed E-state index contributed by atoms with van der Waals surface area (Å²) >= 11 is 13.0. The first-order valence-electron chi connectivity index (χ1n) is 5.26. The van der Waals surface area contributed by atoms with Gasteiger partial charge in [0, 0.05) is 23.7 Å². The number of nitrogens with zero attached hydrogens (tertiary/aromatic N) is 2. The van der Waals surface area contributed by atoms with Gasteiger partial charge >= 0.3 is 0 Å². The van der Waals surface area contributed by atoms with Crippen molar-refractivity contribution >= 4 is 40.4 Å². The van der Waals surface area contributed by atoms with Crippen LogP contribution < -0.4 is 4.90 Å². The predicted molar refractivity (Wildman–Crippen MR) is 75.2 cm³/mol. The number of thiophene rings is 1. The number of halogens is 3. The van der Waals surface area contributed by atoms with Crippen LogP contribution in [0.25, 0.3) is 0 Å². The van der Waals surface area contributed by atoms with E-state index in [0.717, 1.165) is 9.21 Å². The molecule has 0 N–H and O–H groups in total. The molecule has 0 spiro atoms. The lowest BCUT2D eigenvalue weighted by Gasteiger charge is -2.18. The van der Waals surface area contributed by atoms with Crippen LogP contribution in [0.2, 0.25) is 4.34 Å². The number of hydrogen-bond donors (Lipinski definition) is 0. The highest BCUT2D eigenvalue weighted by molar-refractivity contribution is 7.16. The fourth-order valence-electron chi connectivity index (χ4n) is 1.59. The Morgan fingerprint density at radius 1 is 1.39 bits per heavy atom. The van der Waals surface area contributed by atoms with E-state index in [2.05, 4.69) is 4.98 Å². The minimum atomic E-state index is -0.363. The second-order valence-corrected chi connectivity index (χ2v) is 5.87. The summed E-state index contributed by atoms with van der Waals surface area (Å²) in [6.07, 6.45) is 1.56. The average molecular weight is 305 g/mol. The molecule has 0 aliphatic rings. The summed E-state index contributed by atoms with van der Waals surface area (Å²) in [6.45, 7) is 0.563. The maximum absolute atomic E-state index is 14.0. The van der Waals surface area contributed by atoms with Crippen LogP contribution in [0.3, 0.4) is 0 Å². The molecule has 2 nitrogen and oxygen atoms in total. The zero-order valence-electron chi connectivity index (χ0n) is 9.66. The summed E-state index contributed by atoms with van der Waals surface area (Å²) in [5.41, 5.74) is 0.456. The number of aromatic nitrogens is 1. The Hall–Kier alpha value is -0.840. The van der Waals surface area contributed by atoms with Crippen molar-refractivity contribution in [3.63, 3.8) is 0 Å². The van der Waals surface area contributed by atoms with Crippen molar-refractivity contribution in [2.24, 2.45) is 0 Å². The third-order valence-electron chi connectivity index (χ3n) is 2.48. The van der Waals surface area contributed by atoms with Gasteiger partial charge in [-0.2, -0.15) is 0 Å². The molecule has 2 rings (SSSR count). The van der Waals surface area contributed by atoms with Crippen LogP contribution in [0.4, 0.5) is 10.2 Å². The third-order valence-corrected chi connectivity index (χ3v) is 3.98. The van der Waals surface area contributed by atoms with E-state index in [9.17, 15) is 4.39 Å². The molecule has 0 atom stereocenters. The van der Waals surface area contributed by atoms with E-state index >= 15 is 0 Å². The maximum atomic E-state index is 14.0. The van der Waals surface area contributed by atoms with E-state index in [4.69, 9.17) is 23.2 Å². The SMILES string of the molecule is CN(Cc1ccc(Cl)s1)c1nccc(CCl)c1F. The van der Waals surface area contributed by atoms with Crippen LogP contribution in [-0.2, 0) is 12.4 Å². The summed E-state index contributed by atoms with van der Waals surface area (Å²) in [4.78, 5) is 6.85. The fraction of sp³-hybridized carbons (Fsp3) is 0.250. The molecule has 0 bridgehead atoms. The highest BCUT2D eigenvalue weighted by atomic mass is 35.5. The van der Waals surface area contributed by atoms with Crippen molar-refractivity contribution in [3.05, 3.63) is 45.0 Å². The van der Waals surface area contributed by atoms with Crippen LogP contribution in [-0.4, -0.2) is 12.0 Å². The second-order valence-electron chi connectivity index (χ2n) is 3.80. The lowest BCUT2D eigenvalue weighted by molar-refractivity contribution is 0.604. The number of anilines is 1. The van der Waals surface area contributed by atoms with Gasteiger partial charge in [-0.25, -0.2) is 9.37 Å². The third kappa shape index (κ3) is 2.94. The largest absolute Gasteiger partial charge is 0.352 e. The van der Waals surface area contributed by atoms with Crippen molar-refractivity contribution in [1.82, 2.24) is 4.98 Å². The van der Waals surface area contributed by atoms with Gasteiger partial charge in [0.2, 0.25) is 0 Å². The topological polar surface area (TPSA) is 16.1 Å². The minimum Gasteiger partial charge on any atom is -0.352 e. The number of alkyl halides is 1. The Kier molecular flexibility index (Phi) is 4.43. The monoisotopic (exact) mass is 304 g/mol. The molecule has 0 aliphatic heterocycles. The van der Waals surface area contributed by atoms with Gasteiger partial charge in [-0.3, -0.25) is 0 Å². The first kappa shape index (κ1) is 13.6. The number of pyridine rings is 1. The molecule has 18 heavy (non-hydrogen) atoms. The molecule has 96 valence electrons. The Bertz CT molecular complexity index is 545. The molecule has 0 fully saturated rings. The molecule has 2 aromatic rings. The van der Waals surface area contributed by atoms with Gasteiger partial charge in [0.15, 0.2) is 11.6 Å². The quantitative estimate of drug-likeness (QED) is 0.782. The standard InChI is InChI=1S/C12H11Cl2FN2S/c1-17(7-9-2-3-10(14)18-9)12-11(15)8(6-13)4-5-16-12/h2-5H,6-7H2,1H3. The Balaban J connectivity index is 2.21. The first-order valence-corrected chi connectivity index (χ1v) is 6.99. The highest BCUT2D eigenvalue weighted by Crippen LogP contribution is 2.25. The van der Waals surface area contributed by atoms with Crippen LogP contribution in [0.1, 0.15) is 10.4 Å². The van der Waals surface area contributed by atoms with Crippen molar-refractivity contribution in [2.75, 3.05) is 11.9 Å². The highest BCUT2D eigenvalue weighted by Gasteiger charge is 2.13. The summed E-state index contributed by atoms with van der Waals surface area (Å²) in [5, 5.41) is 0. The average Bonchev–Trinajstić information content (AvgIpc) is 2.75. The van der Waals surface area contributed by atoms with E-state index in [1.165, 1.54) is 11.3 Å². The van der Waals surface area contributed by atoms with Crippen LogP contribution >= 0.6 is 34.5 Å². The number of hydrogen-bond acceptors (Lipinski definition) is 3. The zero-order valence-corrected chi connectivity index (χ0v) is 12.0. The van der Waals surface area contributed by atoms with Crippen molar-refractivity contribution in [1.29, 1.82) is 0 Å². The Labute approximate surface area is 119 Å². The maximum Gasteiger partial charge on any atom is 0.170 e. The molecule has 6 heteroatoms. The summed E-state index contributed by atoms with van der Waals surface area (Å²) < 4.78 is 14.7. The molecule has 0 aromatic carbocycles. The van der Waals surface area contributed by atoms with Gasteiger partial charge < -0.3 is 4.90 Å². The molecule has 0 unspecified atom stereocenters. The Morgan fingerprint density at radius 2 is 2.17 bits per heavy atom. The molecule has 0 amide bonds.